The maximum absolute atomic E-state index is 12.4. The first kappa shape index (κ1) is 17.5. The van der Waals surface area contributed by atoms with Gasteiger partial charge in [-0.25, -0.2) is 0 Å². The molecule has 3 aromatic rings. The fourth-order valence-corrected chi connectivity index (χ4v) is 2.85. The SMILES string of the molecule is COc1ccc2c(CC(=O)Nc3cccc(C(C)C(=O)O)c3)c[nH]c2c1. The van der Waals surface area contributed by atoms with E-state index >= 15 is 0 Å². The summed E-state index contributed by atoms with van der Waals surface area (Å²) in [6.07, 6.45) is 2.03. The van der Waals surface area contributed by atoms with Crippen LogP contribution < -0.4 is 10.1 Å². The molecule has 0 fully saturated rings. The largest absolute Gasteiger partial charge is 0.497 e. The van der Waals surface area contributed by atoms with Crippen molar-refractivity contribution in [2.45, 2.75) is 19.3 Å². The van der Waals surface area contributed by atoms with Gasteiger partial charge in [0.25, 0.3) is 0 Å². The number of hydrogen-bond donors (Lipinski definition) is 3. The Morgan fingerprint density at radius 2 is 2.04 bits per heavy atom. The molecule has 3 N–H and O–H groups in total. The Hall–Kier alpha value is -3.28. The molecule has 3 rings (SSSR count). The lowest BCUT2D eigenvalue weighted by atomic mass is 10.0. The predicted molar refractivity (Wildman–Crippen MR) is 99.7 cm³/mol. The highest BCUT2D eigenvalue weighted by Crippen LogP contribution is 2.24. The van der Waals surface area contributed by atoms with Gasteiger partial charge in [0.05, 0.1) is 19.4 Å². The summed E-state index contributed by atoms with van der Waals surface area (Å²) in [4.78, 5) is 26.7. The molecule has 1 heterocycles. The van der Waals surface area contributed by atoms with Gasteiger partial charge in [-0.3, -0.25) is 9.59 Å². The topological polar surface area (TPSA) is 91.4 Å². The van der Waals surface area contributed by atoms with Gasteiger partial charge in [-0.1, -0.05) is 12.1 Å². The zero-order chi connectivity index (χ0) is 18.7. The summed E-state index contributed by atoms with van der Waals surface area (Å²) >= 11 is 0. The maximum Gasteiger partial charge on any atom is 0.310 e. The van der Waals surface area contributed by atoms with Crippen molar-refractivity contribution in [2.24, 2.45) is 0 Å². The number of aromatic nitrogens is 1. The van der Waals surface area contributed by atoms with Crippen molar-refractivity contribution in [3.8, 4) is 5.75 Å². The van der Waals surface area contributed by atoms with Gasteiger partial charge in [0.2, 0.25) is 5.91 Å². The Kier molecular flexibility index (Phi) is 4.93. The molecule has 0 radical (unpaired) electrons. The number of hydrogen-bond acceptors (Lipinski definition) is 3. The molecule has 0 spiro atoms. The number of carboxylic acids is 1. The predicted octanol–water partition coefficient (Wildman–Crippen LogP) is 3.55. The molecular weight excluding hydrogens is 332 g/mol. The van der Waals surface area contributed by atoms with Crippen LogP contribution in [0.5, 0.6) is 5.75 Å². The van der Waals surface area contributed by atoms with Gasteiger partial charge in [-0.05, 0) is 42.3 Å². The number of aliphatic carboxylic acids is 1. The smallest absolute Gasteiger partial charge is 0.310 e. The number of H-pyrrole nitrogens is 1. The van der Waals surface area contributed by atoms with E-state index in [0.717, 1.165) is 22.2 Å². The maximum atomic E-state index is 12.4. The average molecular weight is 352 g/mol. The summed E-state index contributed by atoms with van der Waals surface area (Å²) in [5, 5.41) is 12.9. The minimum Gasteiger partial charge on any atom is -0.497 e. The quantitative estimate of drug-likeness (QED) is 0.633. The highest BCUT2D eigenvalue weighted by Gasteiger charge is 2.15. The molecule has 1 amide bonds. The highest BCUT2D eigenvalue weighted by atomic mass is 16.5. The van der Waals surface area contributed by atoms with Crippen LogP contribution in [0.15, 0.2) is 48.7 Å². The number of aromatic amines is 1. The van der Waals surface area contributed by atoms with Crippen LogP contribution in [0.4, 0.5) is 5.69 Å². The highest BCUT2D eigenvalue weighted by molar-refractivity contribution is 5.96. The Bertz CT molecular complexity index is 961. The number of carbonyl (C=O) groups is 2. The number of nitrogens with one attached hydrogen (secondary N) is 2. The van der Waals surface area contributed by atoms with Gasteiger partial charge in [-0.2, -0.15) is 0 Å². The molecule has 0 aliphatic heterocycles. The second-order valence-corrected chi connectivity index (χ2v) is 6.14. The monoisotopic (exact) mass is 352 g/mol. The summed E-state index contributed by atoms with van der Waals surface area (Å²) in [5.41, 5.74) is 3.02. The zero-order valence-corrected chi connectivity index (χ0v) is 14.6. The molecular formula is C20H20N2O4. The number of carboxylic acid groups (broad SMARTS) is 1. The third kappa shape index (κ3) is 3.69. The van der Waals surface area contributed by atoms with E-state index < -0.39 is 11.9 Å². The molecule has 2 aromatic carbocycles. The van der Waals surface area contributed by atoms with Gasteiger partial charge < -0.3 is 20.1 Å². The van der Waals surface area contributed by atoms with Crippen molar-refractivity contribution in [3.05, 3.63) is 59.8 Å². The molecule has 0 saturated carbocycles. The number of carbonyl (C=O) groups excluding carboxylic acids is 1. The van der Waals surface area contributed by atoms with Crippen molar-refractivity contribution in [1.29, 1.82) is 0 Å². The van der Waals surface area contributed by atoms with Gasteiger partial charge in [0.15, 0.2) is 0 Å². The lowest BCUT2D eigenvalue weighted by Crippen LogP contribution is -2.15. The van der Waals surface area contributed by atoms with Crippen molar-refractivity contribution in [2.75, 3.05) is 12.4 Å². The van der Waals surface area contributed by atoms with Crippen LogP contribution in [0.1, 0.15) is 24.0 Å². The van der Waals surface area contributed by atoms with E-state index in [0.29, 0.717) is 11.3 Å². The first-order chi connectivity index (χ1) is 12.5. The van der Waals surface area contributed by atoms with Crippen LogP contribution in [0.3, 0.4) is 0 Å². The van der Waals surface area contributed by atoms with Crippen LogP contribution in [0.25, 0.3) is 10.9 Å². The standard InChI is InChI=1S/C20H20N2O4/c1-12(20(24)25)13-4-3-5-15(8-13)22-19(23)9-14-11-21-18-10-16(26-2)6-7-17(14)18/h3-8,10-12,21H,9H2,1-2H3,(H,22,23)(H,24,25). The van der Waals surface area contributed by atoms with Crippen molar-refractivity contribution in [3.63, 3.8) is 0 Å². The summed E-state index contributed by atoms with van der Waals surface area (Å²) < 4.78 is 5.20. The fourth-order valence-electron chi connectivity index (χ4n) is 2.85. The van der Waals surface area contributed by atoms with Gasteiger partial charge in [0.1, 0.15) is 5.75 Å². The molecule has 0 aliphatic carbocycles. The lowest BCUT2D eigenvalue weighted by Gasteiger charge is -2.10. The lowest BCUT2D eigenvalue weighted by molar-refractivity contribution is -0.138. The molecule has 6 nitrogen and oxygen atoms in total. The van der Waals surface area contributed by atoms with Crippen molar-refractivity contribution < 1.29 is 19.4 Å². The third-order valence-corrected chi connectivity index (χ3v) is 4.37. The van der Waals surface area contributed by atoms with Crippen LogP contribution in [0.2, 0.25) is 0 Å². The minimum atomic E-state index is -0.900. The van der Waals surface area contributed by atoms with E-state index in [1.54, 1.807) is 38.3 Å². The van der Waals surface area contributed by atoms with E-state index in [4.69, 9.17) is 9.84 Å². The van der Waals surface area contributed by atoms with E-state index in [-0.39, 0.29) is 12.3 Å². The number of ether oxygens (including phenoxy) is 1. The van der Waals surface area contributed by atoms with E-state index in [1.165, 1.54) is 0 Å². The van der Waals surface area contributed by atoms with Crippen LogP contribution in [-0.2, 0) is 16.0 Å². The fraction of sp³-hybridized carbons (Fsp3) is 0.200. The number of benzene rings is 2. The molecule has 0 saturated heterocycles. The molecule has 1 unspecified atom stereocenters. The second-order valence-electron chi connectivity index (χ2n) is 6.14. The normalized spacial score (nSPS) is 11.9. The Morgan fingerprint density at radius 3 is 2.77 bits per heavy atom. The van der Waals surface area contributed by atoms with Crippen LogP contribution in [-0.4, -0.2) is 29.1 Å². The second kappa shape index (κ2) is 7.31. The Balaban J connectivity index is 1.73. The number of amides is 1. The Labute approximate surface area is 150 Å². The molecule has 1 aromatic heterocycles. The first-order valence-electron chi connectivity index (χ1n) is 8.24. The number of anilines is 1. The molecule has 26 heavy (non-hydrogen) atoms. The first-order valence-corrected chi connectivity index (χ1v) is 8.24. The molecule has 0 aliphatic rings. The molecule has 134 valence electrons. The van der Waals surface area contributed by atoms with Gasteiger partial charge in [0, 0.05) is 28.9 Å². The number of methoxy groups -OCH3 is 1. The van der Waals surface area contributed by atoms with Gasteiger partial charge in [-0.15, -0.1) is 0 Å². The molecule has 6 heteroatoms. The van der Waals surface area contributed by atoms with E-state index in [2.05, 4.69) is 10.3 Å². The van der Waals surface area contributed by atoms with E-state index in [1.807, 2.05) is 24.4 Å². The van der Waals surface area contributed by atoms with Crippen LogP contribution >= 0.6 is 0 Å². The average Bonchev–Trinajstić information content (AvgIpc) is 3.03. The summed E-state index contributed by atoms with van der Waals surface area (Å²) in [7, 11) is 1.61. The Morgan fingerprint density at radius 1 is 1.23 bits per heavy atom. The van der Waals surface area contributed by atoms with E-state index in [9.17, 15) is 9.59 Å². The minimum absolute atomic E-state index is 0.165. The number of rotatable bonds is 6. The van der Waals surface area contributed by atoms with Crippen molar-refractivity contribution >= 4 is 28.5 Å². The van der Waals surface area contributed by atoms with Gasteiger partial charge >= 0.3 is 5.97 Å². The summed E-state index contributed by atoms with van der Waals surface area (Å²) in [6.45, 7) is 1.61. The van der Waals surface area contributed by atoms with Crippen LogP contribution in [0, 0.1) is 0 Å². The zero-order valence-electron chi connectivity index (χ0n) is 14.6. The molecule has 0 bridgehead atoms. The summed E-state index contributed by atoms with van der Waals surface area (Å²) in [6, 6.07) is 12.6. The number of fused-ring (bicyclic) bond motifs is 1. The molecule has 1 atom stereocenters. The summed E-state index contributed by atoms with van der Waals surface area (Å²) in [5.74, 6) is -0.945. The van der Waals surface area contributed by atoms with Crippen molar-refractivity contribution in [1.82, 2.24) is 4.98 Å². The third-order valence-electron chi connectivity index (χ3n) is 4.37.